The van der Waals surface area contributed by atoms with E-state index < -0.39 is 0 Å². The van der Waals surface area contributed by atoms with Crippen LogP contribution in [0.4, 0.5) is 0 Å². The number of benzene rings is 1. The van der Waals surface area contributed by atoms with E-state index in [9.17, 15) is 9.59 Å². The van der Waals surface area contributed by atoms with Gasteiger partial charge in [0.05, 0.1) is 12.5 Å². The van der Waals surface area contributed by atoms with Crippen molar-refractivity contribution in [3.05, 3.63) is 35.4 Å². The van der Waals surface area contributed by atoms with E-state index in [1.807, 2.05) is 31.2 Å². The molecule has 1 heterocycles. The molecule has 3 N–H and O–H groups in total. The lowest BCUT2D eigenvalue weighted by atomic mass is 9.81. The van der Waals surface area contributed by atoms with Gasteiger partial charge in [-0.15, -0.1) is 12.4 Å². The van der Waals surface area contributed by atoms with E-state index in [1.165, 1.54) is 6.92 Å². The summed E-state index contributed by atoms with van der Waals surface area (Å²) in [5.41, 5.74) is 2.27. The molecule has 5 nitrogen and oxygen atoms in total. The van der Waals surface area contributed by atoms with Crippen molar-refractivity contribution in [1.82, 2.24) is 16.0 Å². The SMILES string of the molecule is CC(=O)NC(CC(=O)NCC1(C)CCNCC1)c1ccc(C)cc1.Cl. The summed E-state index contributed by atoms with van der Waals surface area (Å²) in [6, 6.07) is 7.65. The second-order valence-corrected chi connectivity index (χ2v) is 7.21. The number of hydrogen-bond donors (Lipinski definition) is 3. The maximum atomic E-state index is 12.4. The molecular formula is C19H30ClN3O2. The summed E-state index contributed by atoms with van der Waals surface area (Å²) in [5, 5.41) is 9.29. The third kappa shape index (κ3) is 7.04. The van der Waals surface area contributed by atoms with Gasteiger partial charge in [-0.25, -0.2) is 0 Å². The molecule has 25 heavy (non-hydrogen) atoms. The highest BCUT2D eigenvalue weighted by Crippen LogP contribution is 2.27. The van der Waals surface area contributed by atoms with Gasteiger partial charge in [0.15, 0.2) is 0 Å². The van der Waals surface area contributed by atoms with Crippen LogP contribution in [0.15, 0.2) is 24.3 Å². The molecule has 1 aromatic carbocycles. The summed E-state index contributed by atoms with van der Waals surface area (Å²) >= 11 is 0. The molecule has 1 atom stereocenters. The van der Waals surface area contributed by atoms with Gasteiger partial charge in [-0.05, 0) is 43.8 Å². The molecule has 2 amide bonds. The first-order chi connectivity index (χ1) is 11.4. The normalized spacial score (nSPS) is 17.1. The Bertz CT molecular complexity index is 569. The minimum atomic E-state index is -0.288. The lowest BCUT2D eigenvalue weighted by Gasteiger charge is -2.34. The predicted octanol–water partition coefficient (Wildman–Crippen LogP) is 2.49. The number of halogens is 1. The smallest absolute Gasteiger partial charge is 0.222 e. The number of piperidine rings is 1. The van der Waals surface area contributed by atoms with Crippen molar-refractivity contribution in [1.29, 1.82) is 0 Å². The average Bonchev–Trinajstić information content (AvgIpc) is 2.53. The van der Waals surface area contributed by atoms with Crippen molar-refractivity contribution in [2.24, 2.45) is 5.41 Å². The Hall–Kier alpha value is -1.59. The van der Waals surface area contributed by atoms with Gasteiger partial charge in [-0.3, -0.25) is 9.59 Å². The number of hydrogen-bond acceptors (Lipinski definition) is 3. The number of amides is 2. The minimum absolute atomic E-state index is 0. The summed E-state index contributed by atoms with van der Waals surface area (Å²) in [4.78, 5) is 23.9. The molecule has 0 spiro atoms. The van der Waals surface area contributed by atoms with Gasteiger partial charge < -0.3 is 16.0 Å². The van der Waals surface area contributed by atoms with Crippen LogP contribution in [0.1, 0.15) is 50.3 Å². The Labute approximate surface area is 156 Å². The zero-order chi connectivity index (χ0) is 17.6. The first kappa shape index (κ1) is 21.5. The highest BCUT2D eigenvalue weighted by atomic mass is 35.5. The van der Waals surface area contributed by atoms with E-state index in [0.29, 0.717) is 6.54 Å². The van der Waals surface area contributed by atoms with Crippen LogP contribution in [0, 0.1) is 12.3 Å². The van der Waals surface area contributed by atoms with E-state index in [-0.39, 0.29) is 42.1 Å². The van der Waals surface area contributed by atoms with Gasteiger partial charge in [-0.2, -0.15) is 0 Å². The van der Waals surface area contributed by atoms with E-state index in [4.69, 9.17) is 0 Å². The largest absolute Gasteiger partial charge is 0.355 e. The molecule has 1 saturated heterocycles. The van der Waals surface area contributed by atoms with Crippen LogP contribution in [0.25, 0.3) is 0 Å². The second-order valence-electron chi connectivity index (χ2n) is 7.21. The molecule has 6 heteroatoms. The molecular weight excluding hydrogens is 338 g/mol. The third-order valence-electron chi connectivity index (χ3n) is 4.77. The van der Waals surface area contributed by atoms with E-state index in [0.717, 1.165) is 37.1 Å². The fourth-order valence-electron chi connectivity index (χ4n) is 3.07. The maximum absolute atomic E-state index is 12.4. The highest BCUT2D eigenvalue weighted by molar-refractivity contribution is 5.85. The van der Waals surface area contributed by atoms with Gasteiger partial charge in [-0.1, -0.05) is 36.8 Å². The molecule has 0 radical (unpaired) electrons. The quantitative estimate of drug-likeness (QED) is 0.723. The van der Waals surface area contributed by atoms with Crippen LogP contribution in [-0.2, 0) is 9.59 Å². The number of rotatable bonds is 6. The molecule has 0 aromatic heterocycles. The van der Waals surface area contributed by atoms with Crippen molar-refractivity contribution in [2.45, 2.75) is 46.1 Å². The van der Waals surface area contributed by atoms with Crippen LogP contribution in [0.3, 0.4) is 0 Å². The van der Waals surface area contributed by atoms with Gasteiger partial charge in [0.1, 0.15) is 0 Å². The Morgan fingerprint density at radius 1 is 1.20 bits per heavy atom. The maximum Gasteiger partial charge on any atom is 0.222 e. The zero-order valence-electron chi connectivity index (χ0n) is 15.4. The molecule has 1 unspecified atom stereocenters. The van der Waals surface area contributed by atoms with Crippen LogP contribution in [0.2, 0.25) is 0 Å². The number of nitrogens with one attached hydrogen (secondary N) is 3. The Balaban J connectivity index is 0.00000312. The molecule has 1 aromatic rings. The molecule has 1 aliphatic rings. The van der Waals surface area contributed by atoms with Crippen LogP contribution < -0.4 is 16.0 Å². The van der Waals surface area contributed by atoms with Crippen LogP contribution in [0.5, 0.6) is 0 Å². The van der Waals surface area contributed by atoms with Gasteiger partial charge in [0.2, 0.25) is 11.8 Å². The monoisotopic (exact) mass is 367 g/mol. The van der Waals surface area contributed by atoms with E-state index in [2.05, 4.69) is 22.9 Å². The molecule has 0 aliphatic carbocycles. The number of aryl methyl sites for hydroxylation is 1. The average molecular weight is 368 g/mol. The first-order valence-corrected chi connectivity index (χ1v) is 8.69. The van der Waals surface area contributed by atoms with Crippen molar-refractivity contribution in [3.63, 3.8) is 0 Å². The summed E-state index contributed by atoms with van der Waals surface area (Å²) in [6.45, 7) is 8.42. The zero-order valence-corrected chi connectivity index (χ0v) is 16.2. The Kier molecular flexibility index (Phi) is 8.39. The summed E-state index contributed by atoms with van der Waals surface area (Å²) in [7, 11) is 0. The van der Waals surface area contributed by atoms with Crippen molar-refractivity contribution < 1.29 is 9.59 Å². The number of carbonyl (C=O) groups excluding carboxylic acids is 2. The molecule has 0 bridgehead atoms. The van der Waals surface area contributed by atoms with Gasteiger partial charge in [0.25, 0.3) is 0 Å². The molecule has 1 fully saturated rings. The molecule has 140 valence electrons. The van der Waals surface area contributed by atoms with E-state index >= 15 is 0 Å². The third-order valence-corrected chi connectivity index (χ3v) is 4.77. The number of carbonyl (C=O) groups is 2. The van der Waals surface area contributed by atoms with Crippen LogP contribution >= 0.6 is 12.4 Å². The summed E-state index contributed by atoms with van der Waals surface area (Å²) in [5.74, 6) is -0.146. The van der Waals surface area contributed by atoms with Crippen molar-refractivity contribution >= 4 is 24.2 Å². The topological polar surface area (TPSA) is 70.2 Å². The Morgan fingerprint density at radius 3 is 2.36 bits per heavy atom. The molecule has 1 aliphatic heterocycles. The van der Waals surface area contributed by atoms with Crippen LogP contribution in [-0.4, -0.2) is 31.4 Å². The highest BCUT2D eigenvalue weighted by Gasteiger charge is 2.27. The fraction of sp³-hybridized carbons (Fsp3) is 0.579. The molecule has 0 saturated carbocycles. The van der Waals surface area contributed by atoms with Gasteiger partial charge in [0, 0.05) is 13.5 Å². The van der Waals surface area contributed by atoms with E-state index in [1.54, 1.807) is 0 Å². The summed E-state index contributed by atoms with van der Waals surface area (Å²) < 4.78 is 0. The lowest BCUT2D eigenvalue weighted by molar-refractivity contribution is -0.123. The second kappa shape index (κ2) is 9.78. The first-order valence-electron chi connectivity index (χ1n) is 8.69. The Morgan fingerprint density at radius 2 is 1.80 bits per heavy atom. The fourth-order valence-corrected chi connectivity index (χ4v) is 3.07. The lowest BCUT2D eigenvalue weighted by Crippen LogP contribution is -2.43. The standard InChI is InChI=1S/C19H29N3O2.ClH/c1-14-4-6-16(7-5-14)17(22-15(2)23)12-18(24)21-13-19(3)8-10-20-11-9-19;/h4-7,17,20H,8-13H2,1-3H3,(H,21,24)(H,22,23);1H. The van der Waals surface area contributed by atoms with Crippen molar-refractivity contribution in [2.75, 3.05) is 19.6 Å². The van der Waals surface area contributed by atoms with Crippen molar-refractivity contribution in [3.8, 4) is 0 Å². The van der Waals surface area contributed by atoms with Gasteiger partial charge >= 0.3 is 0 Å². The minimum Gasteiger partial charge on any atom is -0.355 e. The molecule has 2 rings (SSSR count). The predicted molar refractivity (Wildman–Crippen MR) is 103 cm³/mol. The summed E-state index contributed by atoms with van der Waals surface area (Å²) in [6.07, 6.45) is 2.40.